The Morgan fingerprint density at radius 3 is 2.36 bits per heavy atom. The molecule has 3 unspecified atom stereocenters. The number of amides is 4. The Kier molecular flexibility index (Phi) is 13.5. The van der Waals surface area contributed by atoms with Gasteiger partial charge in [-0.2, -0.15) is 9.97 Å². The first kappa shape index (κ1) is 48.8. The maximum atomic E-state index is 17.1. The van der Waals surface area contributed by atoms with Crippen molar-refractivity contribution < 1.29 is 33.0 Å². The monoisotopic (exact) mass is 994 g/mol. The molecule has 6 fully saturated rings. The van der Waals surface area contributed by atoms with Crippen molar-refractivity contribution in [1.82, 2.24) is 35.3 Å². The van der Waals surface area contributed by atoms with Gasteiger partial charge < -0.3 is 34.8 Å². The minimum Gasteiger partial charge on any atom is -0.508 e. The van der Waals surface area contributed by atoms with E-state index in [1.165, 1.54) is 49.9 Å². The number of hydrogen-bond acceptors (Lipinski definition) is 11. The van der Waals surface area contributed by atoms with E-state index in [4.69, 9.17) is 21.1 Å². The van der Waals surface area contributed by atoms with E-state index in [1.54, 1.807) is 23.1 Å². The molecule has 3 N–H and O–H groups in total. The Bertz CT molecular complexity index is 3000. The summed E-state index contributed by atoms with van der Waals surface area (Å²) < 4.78 is 38.6. The van der Waals surface area contributed by atoms with Crippen molar-refractivity contribution in [2.24, 2.45) is 17.3 Å². The van der Waals surface area contributed by atoms with Crippen LogP contribution >= 0.6 is 0 Å². The van der Waals surface area contributed by atoms with E-state index in [2.05, 4.69) is 38.2 Å². The summed E-state index contributed by atoms with van der Waals surface area (Å²) in [4.78, 5) is 58.6. The van der Waals surface area contributed by atoms with E-state index < -0.39 is 17.7 Å². The molecule has 382 valence electrons. The molecule has 2 bridgehead atoms. The normalized spacial score (nSPS) is 22.3. The van der Waals surface area contributed by atoms with Crippen molar-refractivity contribution in [2.45, 2.75) is 83.7 Å². The quantitative estimate of drug-likeness (QED) is 0.111. The van der Waals surface area contributed by atoms with Gasteiger partial charge in [-0.05, 0) is 123 Å². The number of likely N-dealkylation sites (tertiary alicyclic amines) is 1. The van der Waals surface area contributed by atoms with E-state index in [0.29, 0.717) is 69.8 Å². The second-order valence-corrected chi connectivity index (χ2v) is 21.9. The van der Waals surface area contributed by atoms with Crippen LogP contribution in [0.15, 0.2) is 54.6 Å². The second kappa shape index (κ2) is 20.1. The lowest BCUT2D eigenvalue weighted by molar-refractivity contribution is -0.120. The van der Waals surface area contributed by atoms with Crippen molar-refractivity contribution in [3.63, 3.8) is 0 Å². The van der Waals surface area contributed by atoms with Crippen LogP contribution in [-0.2, 0) is 4.79 Å². The van der Waals surface area contributed by atoms with E-state index in [0.717, 1.165) is 96.7 Å². The third-order valence-corrected chi connectivity index (χ3v) is 16.9. The fourth-order valence-electron chi connectivity index (χ4n) is 12.8. The summed E-state index contributed by atoms with van der Waals surface area (Å²) in [5.41, 5.74) is 2.93. The number of nitrogens with one attached hydrogen (secondary N) is 2. The number of phenolic OH excluding ortho intramolecular Hbond substituents is 1. The molecule has 3 atom stereocenters. The number of piperidine rings is 1. The average Bonchev–Trinajstić information content (AvgIpc) is 3.73. The van der Waals surface area contributed by atoms with Crippen molar-refractivity contribution in [3.05, 3.63) is 82.9 Å². The number of fused-ring (bicyclic) bond motifs is 4. The number of aromatic nitrogens is 2. The van der Waals surface area contributed by atoms with E-state index in [9.17, 15) is 19.5 Å². The first-order valence-corrected chi connectivity index (χ1v) is 26.3. The van der Waals surface area contributed by atoms with Crippen molar-refractivity contribution in [1.29, 1.82) is 0 Å². The van der Waals surface area contributed by atoms with Gasteiger partial charge in [0.15, 0.2) is 5.82 Å². The highest BCUT2D eigenvalue weighted by atomic mass is 19.1. The average molecular weight is 994 g/mol. The summed E-state index contributed by atoms with van der Waals surface area (Å²) in [7, 11) is 0. The highest BCUT2D eigenvalue weighted by Gasteiger charge is 2.40. The van der Waals surface area contributed by atoms with Crippen LogP contribution in [0, 0.1) is 48.2 Å². The molecule has 1 saturated carbocycles. The molecule has 0 radical (unpaired) electrons. The van der Waals surface area contributed by atoms with Crippen LogP contribution in [0.2, 0.25) is 0 Å². The van der Waals surface area contributed by atoms with Gasteiger partial charge in [-0.15, -0.1) is 6.42 Å². The predicted octanol–water partition coefficient (Wildman–Crippen LogP) is 7.86. The minimum absolute atomic E-state index is 0.000838. The third kappa shape index (κ3) is 9.91. The summed E-state index contributed by atoms with van der Waals surface area (Å²) in [6, 6.07) is 15.0. The summed E-state index contributed by atoms with van der Waals surface area (Å²) >= 11 is 0. The number of benzene rings is 4. The molecule has 5 saturated heterocycles. The first-order valence-electron chi connectivity index (χ1n) is 26.3. The fraction of sp³-hybridized carbons (Fsp3) is 0.491. The molecule has 4 aromatic carbocycles. The number of aryl methyl sites for hydroxylation is 1. The summed E-state index contributed by atoms with van der Waals surface area (Å²) in [5, 5.41) is 18.2. The molecule has 11 rings (SSSR count). The molecule has 1 spiro atoms. The molecule has 4 amide bonds. The fourth-order valence-corrected chi connectivity index (χ4v) is 12.8. The molecular weight excluding hydrogens is 929 g/mol. The largest absolute Gasteiger partial charge is 0.508 e. The first-order chi connectivity index (χ1) is 35.3. The molecule has 73 heavy (non-hydrogen) atoms. The van der Waals surface area contributed by atoms with Crippen LogP contribution in [0.4, 0.5) is 25.1 Å². The van der Waals surface area contributed by atoms with Crippen molar-refractivity contribution in [3.8, 4) is 35.2 Å². The summed E-state index contributed by atoms with van der Waals surface area (Å²) in [6.45, 7) is 13.6. The van der Waals surface area contributed by atoms with E-state index in [-0.39, 0.29) is 58.1 Å². The molecule has 14 nitrogen and oxygen atoms in total. The van der Waals surface area contributed by atoms with Gasteiger partial charge in [-0.25, -0.2) is 13.6 Å². The van der Waals surface area contributed by atoms with Crippen LogP contribution in [0.25, 0.3) is 32.8 Å². The number of aromatic hydroxyl groups is 1. The molecule has 6 aliphatic rings. The number of urea groups is 1. The molecule has 1 aromatic heterocycles. The number of rotatable bonds is 11. The SMILES string of the molecule is C#Cc1c(F)ccc2cc(O)cc(-c3ccc4c(N5CC6CCC(C5)N6)nc(OCC(C)CN5CCN(CC6CCC7(CC6)CCN(C(=O)c6ccc(C)c(N8CCC(=O)NC8=O)c6)CC7)CC5)nc4c3F)c12. The third-order valence-electron chi connectivity index (χ3n) is 16.9. The van der Waals surface area contributed by atoms with Gasteiger partial charge in [0.25, 0.3) is 5.91 Å². The Morgan fingerprint density at radius 1 is 0.890 bits per heavy atom. The molecule has 5 aromatic rings. The maximum absolute atomic E-state index is 17.1. The highest BCUT2D eigenvalue weighted by molar-refractivity contribution is 6.07. The van der Waals surface area contributed by atoms with Crippen molar-refractivity contribution >= 4 is 51.0 Å². The van der Waals surface area contributed by atoms with Gasteiger partial charge in [0.05, 0.1) is 12.2 Å². The lowest BCUT2D eigenvalue weighted by Gasteiger charge is -2.47. The summed E-state index contributed by atoms with van der Waals surface area (Å²) in [5.74, 6) is 2.28. The zero-order valence-electron chi connectivity index (χ0n) is 41.9. The number of imide groups is 1. The molecule has 16 heteroatoms. The van der Waals surface area contributed by atoms with Gasteiger partial charge in [0.1, 0.15) is 22.9 Å². The van der Waals surface area contributed by atoms with E-state index in [1.807, 2.05) is 24.0 Å². The molecule has 6 heterocycles. The number of nitrogens with zero attached hydrogens (tertiary/aromatic N) is 7. The standard InChI is InChI=1S/C57H65F2N9O5/c1-4-43-47(58)12-7-38-27-42(69)29-46(50(38)43)44-10-11-45-52(51(44)59)62-55(63-53(45)67-32-40-8-9-41(33-67)60-40)73-34-35(2)30-64-23-25-65(26-24-64)31-37-13-16-57(17-14-37)18-21-66(22-19-57)54(71)39-6-5-36(3)48(28-39)68-20-15-49(70)61-56(68)72/h1,5-7,10-12,27-29,35,37,40-41,60,69H,8-9,13-26,30-34H2,2-3H3,(H,61,70,72). The van der Waals surface area contributed by atoms with Gasteiger partial charge in [-0.1, -0.05) is 31.0 Å². The lowest BCUT2D eigenvalue weighted by Crippen LogP contribution is -2.51. The van der Waals surface area contributed by atoms with Crippen LogP contribution in [0.3, 0.4) is 0 Å². The van der Waals surface area contributed by atoms with Crippen LogP contribution in [-0.4, -0.2) is 138 Å². The Labute approximate surface area is 425 Å². The second-order valence-electron chi connectivity index (χ2n) is 21.9. The number of carbonyl (C=O) groups excluding carboxylic acids is 3. The van der Waals surface area contributed by atoms with Gasteiger partial charge in [0.2, 0.25) is 5.91 Å². The Morgan fingerprint density at radius 2 is 1.63 bits per heavy atom. The maximum Gasteiger partial charge on any atom is 0.328 e. The number of carbonyl (C=O) groups is 3. The number of piperazine rings is 2. The van der Waals surface area contributed by atoms with Crippen LogP contribution in [0.5, 0.6) is 11.8 Å². The lowest BCUT2D eigenvalue weighted by atomic mass is 9.65. The van der Waals surface area contributed by atoms with Crippen molar-refractivity contribution in [2.75, 3.05) is 88.4 Å². The topological polar surface area (TPSA) is 147 Å². The predicted molar refractivity (Wildman–Crippen MR) is 278 cm³/mol. The minimum atomic E-state index is -0.626. The molecular formula is C57H65F2N9O5. The van der Waals surface area contributed by atoms with E-state index >= 15 is 8.78 Å². The smallest absolute Gasteiger partial charge is 0.328 e. The number of terminal acetylenes is 1. The van der Waals surface area contributed by atoms with Gasteiger partial charge in [0, 0.05) is 124 Å². The molecule has 1 aliphatic carbocycles. The zero-order chi connectivity index (χ0) is 50.5. The van der Waals surface area contributed by atoms with Gasteiger partial charge >= 0.3 is 12.0 Å². The Balaban J connectivity index is 0.683. The van der Waals surface area contributed by atoms with Gasteiger partial charge in [-0.3, -0.25) is 19.8 Å². The summed E-state index contributed by atoms with van der Waals surface area (Å²) in [6.07, 6.45) is 15.0. The van der Waals surface area contributed by atoms with Crippen LogP contribution in [0.1, 0.15) is 86.2 Å². The highest BCUT2D eigenvalue weighted by Crippen LogP contribution is 2.47. The number of anilines is 2. The number of halogens is 2. The Hall–Kier alpha value is -6.41. The number of hydrogen-bond donors (Lipinski definition) is 3. The number of ether oxygens (including phenoxy) is 1. The van der Waals surface area contributed by atoms with Crippen LogP contribution < -0.4 is 25.2 Å². The number of phenols is 1. The zero-order valence-corrected chi connectivity index (χ0v) is 41.9. The molecule has 5 aliphatic heterocycles.